The SMILES string of the molecule is COc1ccc(C2CC(c3ccc(Br)cc3)=NN2C(=O)Cn2nc(-c3cccs3)c3cnn(C(C)(C)C)c3c2=O)cc1. The highest BCUT2D eigenvalue weighted by Gasteiger charge is 2.34. The van der Waals surface area contributed by atoms with Crippen molar-refractivity contribution in [2.24, 2.45) is 5.10 Å². The second-order valence-corrected chi connectivity index (χ2v) is 12.9. The number of rotatable bonds is 6. The monoisotopic (exact) mass is 644 g/mol. The van der Waals surface area contributed by atoms with Gasteiger partial charge in [0.2, 0.25) is 0 Å². The van der Waals surface area contributed by atoms with Crippen molar-refractivity contribution < 1.29 is 9.53 Å². The zero-order valence-electron chi connectivity index (χ0n) is 23.6. The van der Waals surface area contributed by atoms with Crippen LogP contribution in [0.15, 0.2) is 86.6 Å². The number of nitrogens with zero attached hydrogens (tertiary/aromatic N) is 6. The third-order valence-electron chi connectivity index (χ3n) is 7.20. The number of hydrazone groups is 1. The highest BCUT2D eigenvalue weighted by atomic mass is 79.9. The maximum absolute atomic E-state index is 14.0. The van der Waals surface area contributed by atoms with Gasteiger partial charge in [-0.1, -0.05) is 46.3 Å². The Hall–Kier alpha value is -4.09. The Morgan fingerprint density at radius 1 is 1.10 bits per heavy atom. The lowest BCUT2D eigenvalue weighted by Crippen LogP contribution is -2.36. The van der Waals surface area contributed by atoms with Crippen molar-refractivity contribution in [2.75, 3.05) is 7.11 Å². The van der Waals surface area contributed by atoms with Gasteiger partial charge in [0.05, 0.1) is 40.9 Å². The molecule has 0 spiro atoms. The van der Waals surface area contributed by atoms with Crippen LogP contribution in [0, 0.1) is 0 Å². The van der Waals surface area contributed by atoms with Crippen LogP contribution in [-0.4, -0.2) is 43.3 Å². The molecule has 0 saturated carbocycles. The molecule has 1 unspecified atom stereocenters. The largest absolute Gasteiger partial charge is 0.497 e. The summed E-state index contributed by atoms with van der Waals surface area (Å²) < 4.78 is 9.26. The molecule has 1 aliphatic rings. The van der Waals surface area contributed by atoms with E-state index in [0.29, 0.717) is 23.0 Å². The number of fused-ring (bicyclic) bond motifs is 1. The lowest BCUT2D eigenvalue weighted by molar-refractivity contribution is -0.133. The third kappa shape index (κ3) is 5.18. The lowest BCUT2D eigenvalue weighted by atomic mass is 9.98. The van der Waals surface area contributed by atoms with Crippen molar-refractivity contribution in [3.63, 3.8) is 0 Å². The number of carbonyl (C=O) groups excluding carboxylic acids is 1. The summed E-state index contributed by atoms with van der Waals surface area (Å²) in [5.41, 5.74) is 2.85. The quantitative estimate of drug-likeness (QED) is 0.219. The molecule has 0 N–H and O–H groups in total. The summed E-state index contributed by atoms with van der Waals surface area (Å²) in [4.78, 5) is 28.8. The van der Waals surface area contributed by atoms with Gasteiger partial charge in [0.1, 0.15) is 23.5 Å². The second kappa shape index (κ2) is 11.0. The molecule has 3 aromatic heterocycles. The molecule has 0 bridgehead atoms. The summed E-state index contributed by atoms with van der Waals surface area (Å²) in [6.07, 6.45) is 2.21. The van der Waals surface area contributed by atoms with Crippen LogP contribution in [0.25, 0.3) is 21.5 Å². The number of aromatic nitrogens is 4. The van der Waals surface area contributed by atoms with Crippen molar-refractivity contribution in [2.45, 2.75) is 45.3 Å². The number of methoxy groups -OCH3 is 1. The number of carbonyl (C=O) groups is 1. The molecule has 11 heteroatoms. The van der Waals surface area contributed by atoms with Crippen molar-refractivity contribution in [1.82, 2.24) is 24.6 Å². The topological polar surface area (TPSA) is 94.6 Å². The van der Waals surface area contributed by atoms with Crippen LogP contribution in [0.2, 0.25) is 0 Å². The fraction of sp³-hybridized carbons (Fsp3) is 0.258. The molecule has 1 aliphatic heterocycles. The number of benzene rings is 2. The highest BCUT2D eigenvalue weighted by molar-refractivity contribution is 9.10. The first-order valence-corrected chi connectivity index (χ1v) is 15.1. The Kier molecular flexibility index (Phi) is 7.32. The first-order chi connectivity index (χ1) is 20.1. The van der Waals surface area contributed by atoms with Crippen molar-refractivity contribution >= 4 is 49.8 Å². The maximum atomic E-state index is 14.0. The summed E-state index contributed by atoms with van der Waals surface area (Å²) in [6, 6.07) is 19.0. The van der Waals surface area contributed by atoms with E-state index < -0.39 is 5.54 Å². The molecular formula is C31H29BrN6O3S. The number of halogens is 1. The minimum absolute atomic E-state index is 0.272. The van der Waals surface area contributed by atoms with Gasteiger partial charge >= 0.3 is 0 Å². The standard InChI is InChI=1S/C31H29BrN6O3S/c1-31(2,3)38-29-23(17-33-38)28(26-6-5-15-42-26)35-36(30(29)40)18-27(39)37-25(20-9-13-22(41-4)14-10-20)16-24(34-37)19-7-11-21(32)12-8-19/h5-15,17,25H,16,18H2,1-4H3. The predicted octanol–water partition coefficient (Wildman–Crippen LogP) is 6.23. The number of hydrogen-bond donors (Lipinski definition) is 0. The number of amides is 1. The number of ether oxygens (including phenoxy) is 1. The van der Waals surface area contributed by atoms with Crippen LogP contribution >= 0.6 is 27.3 Å². The second-order valence-electron chi connectivity index (χ2n) is 11.1. The van der Waals surface area contributed by atoms with E-state index in [1.54, 1.807) is 18.0 Å². The fourth-order valence-electron chi connectivity index (χ4n) is 5.12. The molecule has 6 rings (SSSR count). The third-order valence-corrected chi connectivity index (χ3v) is 8.61. The lowest BCUT2D eigenvalue weighted by Gasteiger charge is -2.23. The molecule has 214 valence electrons. The van der Waals surface area contributed by atoms with Crippen LogP contribution in [0.5, 0.6) is 5.75 Å². The molecule has 0 aliphatic carbocycles. The summed E-state index contributed by atoms with van der Waals surface area (Å²) in [5, 5.41) is 18.1. The van der Waals surface area contributed by atoms with Crippen molar-refractivity contribution in [1.29, 1.82) is 0 Å². The normalized spacial score (nSPS) is 15.3. The van der Waals surface area contributed by atoms with E-state index in [9.17, 15) is 9.59 Å². The van der Waals surface area contributed by atoms with Crippen LogP contribution < -0.4 is 10.3 Å². The summed E-state index contributed by atoms with van der Waals surface area (Å²) in [6.45, 7) is 5.69. The van der Waals surface area contributed by atoms with Gasteiger partial charge in [-0.15, -0.1) is 11.3 Å². The maximum Gasteiger partial charge on any atom is 0.293 e. The molecule has 0 saturated heterocycles. The van der Waals surface area contributed by atoms with Gasteiger partial charge in [-0.3, -0.25) is 14.3 Å². The van der Waals surface area contributed by atoms with Gasteiger partial charge in [0.15, 0.2) is 0 Å². The molecule has 2 aromatic carbocycles. The molecule has 9 nitrogen and oxygen atoms in total. The number of hydrogen-bond acceptors (Lipinski definition) is 7. The highest BCUT2D eigenvalue weighted by Crippen LogP contribution is 2.35. The summed E-state index contributed by atoms with van der Waals surface area (Å²) in [5.74, 6) is 0.389. The van der Waals surface area contributed by atoms with Gasteiger partial charge < -0.3 is 4.74 Å². The Morgan fingerprint density at radius 2 is 1.83 bits per heavy atom. The summed E-state index contributed by atoms with van der Waals surface area (Å²) >= 11 is 5.01. The van der Waals surface area contributed by atoms with Crippen LogP contribution in [-0.2, 0) is 16.9 Å². The van der Waals surface area contributed by atoms with Crippen molar-refractivity contribution in [3.05, 3.63) is 98.2 Å². The smallest absolute Gasteiger partial charge is 0.293 e. The van der Waals surface area contributed by atoms with Gasteiger partial charge in [-0.25, -0.2) is 9.69 Å². The molecular weight excluding hydrogens is 616 g/mol. The van der Waals surface area contributed by atoms with Gasteiger partial charge in [-0.05, 0) is 67.6 Å². The predicted molar refractivity (Wildman–Crippen MR) is 168 cm³/mol. The van der Waals surface area contributed by atoms with Crippen LogP contribution in [0.3, 0.4) is 0 Å². The molecule has 0 fully saturated rings. The molecule has 5 aromatic rings. The molecule has 1 amide bonds. The minimum atomic E-state index is -0.449. The zero-order chi connectivity index (χ0) is 29.6. The van der Waals surface area contributed by atoms with E-state index >= 15 is 0 Å². The van der Waals surface area contributed by atoms with E-state index in [2.05, 4.69) is 21.0 Å². The minimum Gasteiger partial charge on any atom is -0.497 e. The van der Waals surface area contributed by atoms with Gasteiger partial charge in [0, 0.05) is 10.9 Å². The Labute approximate surface area is 255 Å². The molecule has 0 radical (unpaired) electrons. The van der Waals surface area contributed by atoms with E-state index in [4.69, 9.17) is 14.9 Å². The first-order valence-electron chi connectivity index (χ1n) is 13.5. The fourth-order valence-corrected chi connectivity index (χ4v) is 6.11. The molecule has 1 atom stereocenters. The van der Waals surface area contributed by atoms with E-state index in [1.165, 1.54) is 21.0 Å². The van der Waals surface area contributed by atoms with E-state index in [1.807, 2.05) is 86.8 Å². The molecule has 42 heavy (non-hydrogen) atoms. The average molecular weight is 646 g/mol. The molecule has 4 heterocycles. The average Bonchev–Trinajstić information content (AvgIpc) is 3.75. The van der Waals surface area contributed by atoms with Crippen LogP contribution in [0.4, 0.5) is 0 Å². The van der Waals surface area contributed by atoms with Crippen molar-refractivity contribution in [3.8, 4) is 16.3 Å². The van der Waals surface area contributed by atoms with Gasteiger partial charge in [-0.2, -0.15) is 15.3 Å². The van der Waals surface area contributed by atoms with Gasteiger partial charge in [0.25, 0.3) is 11.5 Å². The Bertz CT molecular complexity index is 1850. The summed E-state index contributed by atoms with van der Waals surface area (Å²) in [7, 11) is 1.62. The number of thiophene rings is 1. The Balaban J connectivity index is 1.43. The first kappa shape index (κ1) is 28.0. The van der Waals surface area contributed by atoms with Crippen LogP contribution in [0.1, 0.15) is 44.4 Å². The Morgan fingerprint density at radius 3 is 2.48 bits per heavy atom. The van der Waals surface area contributed by atoms with E-state index in [0.717, 1.165) is 31.9 Å². The zero-order valence-corrected chi connectivity index (χ0v) is 26.0. The van der Waals surface area contributed by atoms with E-state index in [-0.39, 0.29) is 24.1 Å².